The van der Waals surface area contributed by atoms with Crippen LogP contribution in [0, 0.1) is 6.92 Å². The number of carboxylic acid groups (broad SMARTS) is 1. The van der Waals surface area contributed by atoms with Crippen LogP contribution in [-0.2, 0) is 9.59 Å². The summed E-state index contributed by atoms with van der Waals surface area (Å²) in [6, 6.07) is 6.32. The molecular weight excluding hydrogens is 218 g/mol. The first-order valence-corrected chi connectivity index (χ1v) is 5.54. The second-order valence-corrected chi connectivity index (χ2v) is 3.96. The van der Waals surface area contributed by atoms with E-state index in [1.54, 1.807) is 25.1 Å². The van der Waals surface area contributed by atoms with Crippen LogP contribution in [0.15, 0.2) is 24.3 Å². The Morgan fingerprint density at radius 2 is 2.06 bits per heavy atom. The molecule has 17 heavy (non-hydrogen) atoms. The Morgan fingerprint density at radius 3 is 2.47 bits per heavy atom. The van der Waals surface area contributed by atoms with E-state index in [2.05, 4.69) is 0 Å². The lowest BCUT2D eigenvalue weighted by molar-refractivity contribution is -0.149. The van der Waals surface area contributed by atoms with Crippen LogP contribution in [0.25, 0.3) is 0 Å². The van der Waals surface area contributed by atoms with Crippen LogP contribution in [0.2, 0.25) is 0 Å². The molecule has 0 bridgehead atoms. The number of hydrogen-bond donors (Lipinski definition) is 1. The molecule has 1 N–H and O–H groups in total. The summed E-state index contributed by atoms with van der Waals surface area (Å²) in [6.45, 7) is 5.43. The zero-order valence-electron chi connectivity index (χ0n) is 10.3. The molecule has 0 aliphatic rings. The summed E-state index contributed by atoms with van der Waals surface area (Å²) in [5, 5.41) is 9.27. The third-order valence-electron chi connectivity index (χ3n) is 2.65. The Kier molecular flexibility index (Phi) is 4.26. The van der Waals surface area contributed by atoms with Crippen molar-refractivity contribution in [2.45, 2.75) is 26.8 Å². The van der Waals surface area contributed by atoms with Gasteiger partial charge < -0.3 is 10.0 Å². The van der Waals surface area contributed by atoms with Crippen molar-refractivity contribution in [3.05, 3.63) is 35.4 Å². The average Bonchev–Trinajstić information content (AvgIpc) is 2.24. The lowest BCUT2D eigenvalue weighted by atomic mass is 10.0. The van der Waals surface area contributed by atoms with Gasteiger partial charge in [-0.25, -0.2) is 4.79 Å². The SMILES string of the molecule is CCN(C(C)=O)C(C(=O)O)c1cccc(C)c1. The quantitative estimate of drug-likeness (QED) is 0.868. The van der Waals surface area contributed by atoms with E-state index in [-0.39, 0.29) is 5.91 Å². The molecule has 1 aromatic rings. The van der Waals surface area contributed by atoms with Gasteiger partial charge in [-0.3, -0.25) is 4.79 Å². The van der Waals surface area contributed by atoms with Crippen LogP contribution in [-0.4, -0.2) is 28.4 Å². The molecule has 1 amide bonds. The zero-order valence-corrected chi connectivity index (χ0v) is 10.3. The maximum atomic E-state index is 11.4. The summed E-state index contributed by atoms with van der Waals surface area (Å²) in [5.74, 6) is -1.24. The minimum absolute atomic E-state index is 0.235. The lowest BCUT2D eigenvalue weighted by Crippen LogP contribution is -2.37. The highest BCUT2D eigenvalue weighted by Crippen LogP contribution is 2.22. The molecule has 0 heterocycles. The standard InChI is InChI=1S/C13H17NO3/c1-4-14(10(3)15)12(13(16)17)11-7-5-6-9(2)8-11/h5-8,12H,4H2,1-3H3,(H,16,17). The second-order valence-electron chi connectivity index (χ2n) is 3.96. The minimum atomic E-state index is -1.01. The highest BCUT2D eigenvalue weighted by Gasteiger charge is 2.28. The number of carboxylic acids is 1. The van der Waals surface area contributed by atoms with Gasteiger partial charge in [0.1, 0.15) is 0 Å². The number of carbonyl (C=O) groups excluding carboxylic acids is 1. The van der Waals surface area contributed by atoms with E-state index in [1.165, 1.54) is 11.8 Å². The Labute approximate surface area is 101 Å². The summed E-state index contributed by atoms with van der Waals surface area (Å²) >= 11 is 0. The molecule has 0 aliphatic carbocycles. The van der Waals surface area contributed by atoms with Gasteiger partial charge in [0.05, 0.1) is 0 Å². The molecule has 0 aliphatic heterocycles. The predicted octanol–water partition coefficient (Wildman–Crippen LogP) is 1.99. The number of likely N-dealkylation sites (N-methyl/N-ethyl adjacent to an activating group) is 1. The number of rotatable bonds is 4. The van der Waals surface area contributed by atoms with Gasteiger partial charge in [0.2, 0.25) is 5.91 Å². The summed E-state index contributed by atoms with van der Waals surface area (Å²) in [5.41, 5.74) is 1.61. The van der Waals surface area contributed by atoms with Gasteiger partial charge in [0, 0.05) is 13.5 Å². The molecular formula is C13H17NO3. The Morgan fingerprint density at radius 1 is 1.41 bits per heavy atom. The number of aryl methyl sites for hydroxylation is 1. The average molecular weight is 235 g/mol. The van der Waals surface area contributed by atoms with E-state index in [4.69, 9.17) is 0 Å². The third kappa shape index (κ3) is 3.06. The van der Waals surface area contributed by atoms with Crippen LogP contribution in [0.3, 0.4) is 0 Å². The fourth-order valence-electron chi connectivity index (χ4n) is 1.88. The van der Waals surface area contributed by atoms with Crippen LogP contribution >= 0.6 is 0 Å². The molecule has 1 rings (SSSR count). The zero-order chi connectivity index (χ0) is 13.0. The van der Waals surface area contributed by atoms with Crippen molar-refractivity contribution in [2.24, 2.45) is 0 Å². The smallest absolute Gasteiger partial charge is 0.331 e. The van der Waals surface area contributed by atoms with E-state index in [0.717, 1.165) is 5.56 Å². The summed E-state index contributed by atoms with van der Waals surface area (Å²) < 4.78 is 0. The van der Waals surface area contributed by atoms with Gasteiger partial charge in [0.15, 0.2) is 6.04 Å². The second kappa shape index (κ2) is 5.48. The van der Waals surface area contributed by atoms with Crippen LogP contribution in [0.4, 0.5) is 0 Å². The molecule has 4 nitrogen and oxygen atoms in total. The molecule has 1 atom stereocenters. The molecule has 0 spiro atoms. The molecule has 0 saturated heterocycles. The van der Waals surface area contributed by atoms with Gasteiger partial charge in [-0.1, -0.05) is 29.8 Å². The first-order valence-electron chi connectivity index (χ1n) is 5.54. The molecule has 0 aromatic heterocycles. The monoisotopic (exact) mass is 235 g/mol. The third-order valence-corrected chi connectivity index (χ3v) is 2.65. The largest absolute Gasteiger partial charge is 0.479 e. The normalized spacial score (nSPS) is 11.9. The first-order chi connectivity index (χ1) is 7.97. The molecule has 4 heteroatoms. The molecule has 0 saturated carbocycles. The van der Waals surface area contributed by atoms with Crippen molar-refractivity contribution < 1.29 is 14.7 Å². The number of amides is 1. The van der Waals surface area contributed by atoms with Crippen molar-refractivity contribution in [2.75, 3.05) is 6.54 Å². The summed E-state index contributed by atoms with van der Waals surface area (Å²) in [7, 11) is 0. The summed E-state index contributed by atoms with van der Waals surface area (Å²) in [4.78, 5) is 24.1. The van der Waals surface area contributed by atoms with E-state index >= 15 is 0 Å². The number of hydrogen-bond acceptors (Lipinski definition) is 2. The number of aliphatic carboxylic acids is 1. The van der Waals surface area contributed by atoms with E-state index in [0.29, 0.717) is 12.1 Å². The van der Waals surface area contributed by atoms with Crippen molar-refractivity contribution in [3.8, 4) is 0 Å². The number of benzene rings is 1. The Balaban J connectivity index is 3.17. The van der Waals surface area contributed by atoms with Crippen molar-refractivity contribution in [1.82, 2.24) is 4.90 Å². The molecule has 1 aromatic carbocycles. The van der Waals surface area contributed by atoms with Gasteiger partial charge in [-0.2, -0.15) is 0 Å². The highest BCUT2D eigenvalue weighted by atomic mass is 16.4. The minimum Gasteiger partial charge on any atom is -0.479 e. The van der Waals surface area contributed by atoms with Gasteiger partial charge in [-0.15, -0.1) is 0 Å². The van der Waals surface area contributed by atoms with E-state index < -0.39 is 12.0 Å². The van der Waals surface area contributed by atoms with E-state index in [1.807, 2.05) is 13.0 Å². The fraction of sp³-hybridized carbons (Fsp3) is 0.385. The summed E-state index contributed by atoms with van der Waals surface area (Å²) in [6.07, 6.45) is 0. The van der Waals surface area contributed by atoms with E-state index in [9.17, 15) is 14.7 Å². The van der Waals surface area contributed by atoms with Gasteiger partial charge in [-0.05, 0) is 19.4 Å². The van der Waals surface area contributed by atoms with Gasteiger partial charge >= 0.3 is 5.97 Å². The maximum absolute atomic E-state index is 11.4. The highest BCUT2D eigenvalue weighted by molar-refractivity contribution is 5.83. The first kappa shape index (κ1) is 13.2. The van der Waals surface area contributed by atoms with Crippen molar-refractivity contribution in [1.29, 1.82) is 0 Å². The molecule has 0 fully saturated rings. The Hall–Kier alpha value is -1.84. The van der Waals surface area contributed by atoms with Crippen molar-refractivity contribution >= 4 is 11.9 Å². The lowest BCUT2D eigenvalue weighted by Gasteiger charge is -2.27. The molecule has 0 radical (unpaired) electrons. The number of nitrogens with zero attached hydrogens (tertiary/aromatic N) is 1. The molecule has 1 unspecified atom stereocenters. The van der Waals surface area contributed by atoms with Crippen LogP contribution < -0.4 is 0 Å². The van der Waals surface area contributed by atoms with Gasteiger partial charge in [0.25, 0.3) is 0 Å². The van der Waals surface area contributed by atoms with Crippen molar-refractivity contribution in [3.63, 3.8) is 0 Å². The fourth-order valence-corrected chi connectivity index (χ4v) is 1.88. The predicted molar refractivity (Wildman–Crippen MR) is 64.6 cm³/mol. The number of carbonyl (C=O) groups is 2. The van der Waals surface area contributed by atoms with Crippen LogP contribution in [0.5, 0.6) is 0 Å². The topological polar surface area (TPSA) is 57.6 Å². The Bertz CT molecular complexity index is 428. The van der Waals surface area contributed by atoms with Crippen LogP contribution in [0.1, 0.15) is 31.0 Å². The molecule has 92 valence electrons. The maximum Gasteiger partial charge on any atom is 0.331 e.